The number of aryl methyl sites for hydroxylation is 1. The number of aromatic amines is 1. The fraction of sp³-hybridized carbons (Fsp3) is 0.200. The van der Waals surface area contributed by atoms with Crippen LogP contribution in [0.2, 0.25) is 0 Å². The van der Waals surface area contributed by atoms with E-state index in [1.165, 1.54) is 0 Å². The molecule has 0 radical (unpaired) electrons. The molecule has 1 aromatic carbocycles. The summed E-state index contributed by atoms with van der Waals surface area (Å²) in [4.78, 5) is 27.0. The highest BCUT2D eigenvalue weighted by atomic mass is 16.5. The lowest BCUT2D eigenvalue weighted by molar-refractivity contribution is 0.144. The molecule has 0 aliphatic carbocycles. The molecule has 30 heavy (non-hydrogen) atoms. The van der Waals surface area contributed by atoms with Gasteiger partial charge in [0.15, 0.2) is 5.58 Å². The Morgan fingerprint density at radius 2 is 1.93 bits per heavy atom. The number of oxazole rings is 1. The first kappa shape index (κ1) is 19.4. The summed E-state index contributed by atoms with van der Waals surface area (Å²) in [6.07, 6.45) is 3.35. The van der Waals surface area contributed by atoms with E-state index in [9.17, 15) is 4.79 Å². The predicted octanol–water partition coefficient (Wildman–Crippen LogP) is 3.13. The summed E-state index contributed by atoms with van der Waals surface area (Å²) in [5, 5.41) is 6.35. The third-order valence-corrected chi connectivity index (χ3v) is 4.18. The van der Waals surface area contributed by atoms with E-state index in [2.05, 4.69) is 30.6 Å². The number of pyridine rings is 1. The van der Waals surface area contributed by atoms with E-state index >= 15 is 0 Å². The molecule has 0 aliphatic heterocycles. The van der Waals surface area contributed by atoms with Crippen molar-refractivity contribution in [2.75, 3.05) is 31.0 Å². The second-order valence-corrected chi connectivity index (χ2v) is 6.43. The molecule has 0 spiro atoms. The highest BCUT2D eigenvalue weighted by molar-refractivity contribution is 5.78. The Bertz CT molecular complexity index is 1200. The highest BCUT2D eigenvalue weighted by Crippen LogP contribution is 2.23. The molecule has 3 heterocycles. The Hall–Kier alpha value is -3.92. The van der Waals surface area contributed by atoms with E-state index in [0.29, 0.717) is 42.0 Å². The number of benzene rings is 1. The number of anilines is 4. The van der Waals surface area contributed by atoms with Gasteiger partial charge in [0.05, 0.1) is 24.0 Å². The van der Waals surface area contributed by atoms with Crippen molar-refractivity contribution >= 4 is 34.2 Å². The van der Waals surface area contributed by atoms with Crippen LogP contribution in [0.3, 0.4) is 0 Å². The van der Waals surface area contributed by atoms with Crippen LogP contribution in [-0.4, -0.2) is 40.3 Å². The van der Waals surface area contributed by atoms with Gasteiger partial charge in [-0.1, -0.05) is 0 Å². The van der Waals surface area contributed by atoms with Gasteiger partial charge in [-0.15, -0.1) is 0 Å². The maximum Gasteiger partial charge on any atom is 0.417 e. The zero-order chi connectivity index (χ0) is 20.9. The van der Waals surface area contributed by atoms with Gasteiger partial charge in [-0.3, -0.25) is 4.98 Å². The monoisotopic (exact) mass is 408 g/mol. The Morgan fingerprint density at radius 3 is 2.73 bits per heavy atom. The molecule has 154 valence electrons. The molecule has 3 aromatic heterocycles. The minimum absolute atomic E-state index is 0.413. The topological polar surface area (TPSA) is 127 Å². The number of methoxy groups -OCH3 is 1. The number of nitrogens with one attached hydrogen (secondary N) is 3. The Labute approximate surface area is 171 Å². The Morgan fingerprint density at radius 1 is 1.07 bits per heavy atom. The van der Waals surface area contributed by atoms with E-state index in [-0.39, 0.29) is 0 Å². The van der Waals surface area contributed by atoms with Gasteiger partial charge in [0.2, 0.25) is 11.8 Å². The molecule has 0 unspecified atom stereocenters. The third-order valence-electron chi connectivity index (χ3n) is 4.18. The van der Waals surface area contributed by atoms with Crippen LogP contribution in [-0.2, 0) is 4.74 Å². The molecule has 0 bridgehead atoms. The van der Waals surface area contributed by atoms with Crippen LogP contribution in [0, 0.1) is 6.92 Å². The second kappa shape index (κ2) is 8.62. The lowest BCUT2D eigenvalue weighted by Gasteiger charge is -2.11. The van der Waals surface area contributed by atoms with E-state index in [1.54, 1.807) is 43.8 Å². The van der Waals surface area contributed by atoms with Gasteiger partial charge in [0, 0.05) is 30.6 Å². The van der Waals surface area contributed by atoms with Crippen LogP contribution in [0.5, 0.6) is 5.88 Å². The van der Waals surface area contributed by atoms with Crippen LogP contribution < -0.4 is 21.1 Å². The molecule has 0 fully saturated rings. The van der Waals surface area contributed by atoms with Gasteiger partial charge in [-0.2, -0.15) is 4.98 Å². The SMILES string of the molecule is COCCOc1ccc(Nc2ncc(C)c(Nc3ccc4oc(=O)[nH]c4c3)n2)cn1. The summed E-state index contributed by atoms with van der Waals surface area (Å²) in [6.45, 7) is 2.83. The van der Waals surface area contributed by atoms with Crippen molar-refractivity contribution in [3.05, 3.63) is 58.8 Å². The fourth-order valence-electron chi connectivity index (χ4n) is 2.69. The summed E-state index contributed by atoms with van der Waals surface area (Å²) >= 11 is 0. The highest BCUT2D eigenvalue weighted by Gasteiger charge is 2.08. The average Bonchev–Trinajstić information content (AvgIpc) is 3.11. The van der Waals surface area contributed by atoms with E-state index < -0.39 is 5.76 Å². The molecule has 0 saturated carbocycles. The molecule has 4 rings (SSSR count). The summed E-state index contributed by atoms with van der Waals surface area (Å²) in [5.41, 5.74) is 3.44. The number of ether oxygens (including phenoxy) is 2. The number of hydrogen-bond acceptors (Lipinski definition) is 9. The quantitative estimate of drug-likeness (QED) is 0.377. The number of hydrogen-bond donors (Lipinski definition) is 3. The predicted molar refractivity (Wildman–Crippen MR) is 112 cm³/mol. The molecule has 0 saturated heterocycles. The molecular formula is C20H20N6O4. The normalized spacial score (nSPS) is 10.9. The van der Waals surface area contributed by atoms with Crippen LogP contribution >= 0.6 is 0 Å². The third kappa shape index (κ3) is 4.55. The molecule has 10 heteroatoms. The Balaban J connectivity index is 1.47. The average molecular weight is 408 g/mol. The fourth-order valence-corrected chi connectivity index (χ4v) is 2.69. The number of fused-ring (bicyclic) bond motifs is 1. The van der Waals surface area contributed by atoms with Crippen molar-refractivity contribution < 1.29 is 13.9 Å². The zero-order valence-corrected chi connectivity index (χ0v) is 16.4. The van der Waals surface area contributed by atoms with Crippen molar-refractivity contribution in [2.24, 2.45) is 0 Å². The van der Waals surface area contributed by atoms with Crippen molar-refractivity contribution in [3.8, 4) is 5.88 Å². The first-order chi connectivity index (χ1) is 14.6. The summed E-state index contributed by atoms with van der Waals surface area (Å²) < 4.78 is 15.4. The van der Waals surface area contributed by atoms with Gasteiger partial charge in [-0.05, 0) is 31.2 Å². The Kier molecular flexibility index (Phi) is 5.57. The smallest absolute Gasteiger partial charge is 0.417 e. The van der Waals surface area contributed by atoms with Crippen molar-refractivity contribution in [1.29, 1.82) is 0 Å². The lowest BCUT2D eigenvalue weighted by Crippen LogP contribution is -2.06. The lowest BCUT2D eigenvalue weighted by atomic mass is 10.2. The molecule has 0 atom stereocenters. The summed E-state index contributed by atoms with van der Waals surface area (Å²) in [5.74, 6) is 1.06. The van der Waals surface area contributed by atoms with Gasteiger partial charge in [0.1, 0.15) is 12.4 Å². The van der Waals surface area contributed by atoms with Crippen LogP contribution in [0.4, 0.5) is 23.1 Å². The molecule has 10 nitrogen and oxygen atoms in total. The summed E-state index contributed by atoms with van der Waals surface area (Å²) in [7, 11) is 1.62. The van der Waals surface area contributed by atoms with Crippen LogP contribution in [0.1, 0.15) is 5.56 Å². The van der Waals surface area contributed by atoms with Gasteiger partial charge < -0.3 is 24.5 Å². The molecule has 0 aliphatic rings. The number of H-pyrrole nitrogens is 1. The van der Waals surface area contributed by atoms with Crippen molar-refractivity contribution in [3.63, 3.8) is 0 Å². The molecular weight excluding hydrogens is 388 g/mol. The molecule has 0 amide bonds. The zero-order valence-electron chi connectivity index (χ0n) is 16.4. The van der Waals surface area contributed by atoms with Gasteiger partial charge in [-0.25, -0.2) is 14.8 Å². The first-order valence-corrected chi connectivity index (χ1v) is 9.19. The minimum atomic E-state index is -0.490. The number of rotatable bonds is 8. The maximum absolute atomic E-state index is 11.3. The van der Waals surface area contributed by atoms with E-state index in [0.717, 1.165) is 16.9 Å². The van der Waals surface area contributed by atoms with Crippen molar-refractivity contribution in [2.45, 2.75) is 6.92 Å². The van der Waals surface area contributed by atoms with Gasteiger partial charge >= 0.3 is 5.76 Å². The van der Waals surface area contributed by atoms with Gasteiger partial charge in [0.25, 0.3) is 0 Å². The first-order valence-electron chi connectivity index (χ1n) is 9.19. The van der Waals surface area contributed by atoms with Crippen LogP contribution in [0.15, 0.2) is 51.9 Å². The number of aromatic nitrogens is 4. The number of nitrogens with zero attached hydrogens (tertiary/aromatic N) is 3. The largest absolute Gasteiger partial charge is 0.475 e. The summed E-state index contributed by atoms with van der Waals surface area (Å²) in [6, 6.07) is 8.88. The second-order valence-electron chi connectivity index (χ2n) is 6.43. The van der Waals surface area contributed by atoms with Crippen molar-refractivity contribution in [1.82, 2.24) is 19.9 Å². The maximum atomic E-state index is 11.3. The molecule has 3 N–H and O–H groups in total. The molecule has 4 aromatic rings. The van der Waals surface area contributed by atoms with E-state index in [4.69, 9.17) is 13.9 Å². The van der Waals surface area contributed by atoms with Crippen LogP contribution in [0.25, 0.3) is 11.1 Å². The minimum Gasteiger partial charge on any atom is -0.475 e. The standard InChI is InChI=1S/C20H20N6O4/c1-12-10-22-19(24-14-4-6-17(21-11-14)29-8-7-28-2)26-18(12)23-13-3-5-16-15(9-13)25-20(27)30-16/h3-6,9-11H,7-8H2,1-2H3,(H,25,27)(H2,22,23,24,26). The van der Waals surface area contributed by atoms with E-state index in [1.807, 2.05) is 13.0 Å².